The van der Waals surface area contributed by atoms with Crippen LogP contribution >= 0.6 is 0 Å². The SMILES string of the molecule is CN(CC1COCCO1)C(=O)NCc1cc2n(n1)CCN(C(=O)C1CCC1)C2. The molecular formula is C19H29N5O4. The fourth-order valence-corrected chi connectivity index (χ4v) is 3.85. The van der Waals surface area contributed by atoms with E-state index in [1.54, 1.807) is 11.9 Å². The highest BCUT2D eigenvalue weighted by Crippen LogP contribution is 2.29. The summed E-state index contributed by atoms with van der Waals surface area (Å²) in [5.41, 5.74) is 1.84. The van der Waals surface area contributed by atoms with E-state index >= 15 is 0 Å². The number of urea groups is 1. The predicted octanol–water partition coefficient (Wildman–Crippen LogP) is 0.582. The first kappa shape index (κ1) is 19.2. The van der Waals surface area contributed by atoms with E-state index in [-0.39, 0.29) is 24.0 Å². The number of carbonyl (C=O) groups is 2. The largest absolute Gasteiger partial charge is 0.376 e. The van der Waals surface area contributed by atoms with E-state index in [1.165, 1.54) is 6.42 Å². The van der Waals surface area contributed by atoms with Gasteiger partial charge < -0.3 is 24.6 Å². The maximum absolute atomic E-state index is 12.5. The molecule has 1 aromatic rings. The Kier molecular flexibility index (Phi) is 5.82. The van der Waals surface area contributed by atoms with E-state index in [2.05, 4.69) is 10.4 Å². The molecule has 9 heteroatoms. The lowest BCUT2D eigenvalue weighted by Crippen LogP contribution is -2.44. The summed E-state index contributed by atoms with van der Waals surface area (Å²) in [6.07, 6.45) is 3.14. The molecule has 1 saturated heterocycles. The summed E-state index contributed by atoms with van der Waals surface area (Å²) >= 11 is 0. The standard InChI is InChI=1S/C19H29N5O4/c1-22(12-17-13-27-7-8-28-17)19(26)20-10-15-9-16-11-23(5-6-24(16)21-15)18(25)14-3-2-4-14/h9,14,17H,2-8,10-13H2,1H3,(H,20,26). The van der Waals surface area contributed by atoms with Crippen LogP contribution in [0.4, 0.5) is 4.79 Å². The van der Waals surface area contributed by atoms with Gasteiger partial charge in [-0.05, 0) is 18.9 Å². The average molecular weight is 391 g/mol. The van der Waals surface area contributed by atoms with E-state index < -0.39 is 0 Å². The predicted molar refractivity (Wildman–Crippen MR) is 100 cm³/mol. The molecule has 28 heavy (non-hydrogen) atoms. The molecule has 154 valence electrons. The lowest BCUT2D eigenvalue weighted by molar-refractivity contribution is -0.139. The molecule has 3 heterocycles. The molecule has 0 radical (unpaired) electrons. The molecule has 1 aliphatic carbocycles. The van der Waals surface area contributed by atoms with E-state index in [1.807, 2.05) is 15.6 Å². The van der Waals surface area contributed by atoms with Gasteiger partial charge >= 0.3 is 6.03 Å². The van der Waals surface area contributed by atoms with Gasteiger partial charge in [0.15, 0.2) is 0 Å². The lowest BCUT2D eigenvalue weighted by atomic mass is 9.84. The summed E-state index contributed by atoms with van der Waals surface area (Å²) in [5, 5.41) is 7.47. The number of rotatable bonds is 5. The Morgan fingerprint density at radius 1 is 1.32 bits per heavy atom. The van der Waals surface area contributed by atoms with Gasteiger partial charge in [0, 0.05) is 19.5 Å². The molecule has 2 aliphatic heterocycles. The third-order valence-corrected chi connectivity index (χ3v) is 5.74. The zero-order valence-corrected chi connectivity index (χ0v) is 16.4. The molecule has 2 fully saturated rings. The number of aromatic nitrogens is 2. The third-order valence-electron chi connectivity index (χ3n) is 5.74. The quantitative estimate of drug-likeness (QED) is 0.793. The fourth-order valence-electron chi connectivity index (χ4n) is 3.85. The second-order valence-corrected chi connectivity index (χ2v) is 7.84. The number of nitrogens with one attached hydrogen (secondary N) is 1. The Balaban J connectivity index is 1.26. The number of likely N-dealkylation sites (N-methyl/N-ethyl adjacent to an activating group) is 1. The van der Waals surface area contributed by atoms with Gasteiger partial charge in [0.1, 0.15) is 0 Å². The molecular weight excluding hydrogens is 362 g/mol. The van der Waals surface area contributed by atoms with Gasteiger partial charge in [0.25, 0.3) is 0 Å². The van der Waals surface area contributed by atoms with Crippen LogP contribution in [-0.2, 0) is 33.9 Å². The summed E-state index contributed by atoms with van der Waals surface area (Å²) < 4.78 is 12.9. The fraction of sp³-hybridized carbons (Fsp3) is 0.737. The first-order chi connectivity index (χ1) is 13.6. The van der Waals surface area contributed by atoms with Gasteiger partial charge in [0.05, 0.1) is 63.5 Å². The molecule has 1 saturated carbocycles. The molecule has 3 amide bonds. The first-order valence-electron chi connectivity index (χ1n) is 10.1. The smallest absolute Gasteiger partial charge is 0.317 e. The highest BCUT2D eigenvalue weighted by molar-refractivity contribution is 5.79. The Hall–Kier alpha value is -2.13. The Morgan fingerprint density at radius 2 is 2.18 bits per heavy atom. The second kappa shape index (κ2) is 8.48. The van der Waals surface area contributed by atoms with Crippen LogP contribution < -0.4 is 5.32 Å². The van der Waals surface area contributed by atoms with Crippen LogP contribution in [0.5, 0.6) is 0 Å². The molecule has 1 unspecified atom stereocenters. The van der Waals surface area contributed by atoms with Crippen LogP contribution in [0.2, 0.25) is 0 Å². The minimum atomic E-state index is -0.165. The monoisotopic (exact) mass is 391 g/mol. The van der Waals surface area contributed by atoms with Crippen molar-refractivity contribution in [2.75, 3.05) is 40.0 Å². The second-order valence-electron chi connectivity index (χ2n) is 7.84. The van der Waals surface area contributed by atoms with Crippen molar-refractivity contribution in [2.24, 2.45) is 5.92 Å². The number of amides is 3. The van der Waals surface area contributed by atoms with Crippen molar-refractivity contribution in [3.05, 3.63) is 17.5 Å². The zero-order chi connectivity index (χ0) is 19.5. The summed E-state index contributed by atoms with van der Waals surface area (Å²) in [6.45, 7) is 4.58. The molecule has 0 bridgehead atoms. The van der Waals surface area contributed by atoms with Gasteiger partial charge in [-0.2, -0.15) is 5.10 Å². The first-order valence-corrected chi connectivity index (χ1v) is 10.1. The van der Waals surface area contributed by atoms with Crippen molar-refractivity contribution in [1.82, 2.24) is 24.9 Å². The van der Waals surface area contributed by atoms with Gasteiger partial charge in [-0.25, -0.2) is 4.79 Å². The van der Waals surface area contributed by atoms with Gasteiger partial charge in [-0.3, -0.25) is 9.48 Å². The van der Waals surface area contributed by atoms with Crippen molar-refractivity contribution >= 4 is 11.9 Å². The molecule has 1 atom stereocenters. The van der Waals surface area contributed by atoms with E-state index in [0.717, 1.165) is 24.2 Å². The van der Waals surface area contributed by atoms with Gasteiger partial charge in [-0.15, -0.1) is 0 Å². The summed E-state index contributed by atoms with van der Waals surface area (Å²) in [6, 6.07) is 1.82. The Labute approximate surface area is 164 Å². The van der Waals surface area contributed by atoms with Crippen LogP contribution in [0, 0.1) is 5.92 Å². The molecule has 1 aromatic heterocycles. The number of hydrogen-bond donors (Lipinski definition) is 1. The highest BCUT2D eigenvalue weighted by atomic mass is 16.6. The summed E-state index contributed by atoms with van der Waals surface area (Å²) in [4.78, 5) is 28.3. The van der Waals surface area contributed by atoms with E-state index in [4.69, 9.17) is 9.47 Å². The highest BCUT2D eigenvalue weighted by Gasteiger charge is 2.31. The Morgan fingerprint density at radius 3 is 2.89 bits per heavy atom. The van der Waals surface area contributed by atoms with E-state index in [9.17, 15) is 9.59 Å². The molecule has 0 spiro atoms. The number of ether oxygens (including phenoxy) is 2. The van der Waals surface area contributed by atoms with Crippen molar-refractivity contribution < 1.29 is 19.1 Å². The Bertz CT molecular complexity index is 711. The molecule has 3 aliphatic rings. The average Bonchev–Trinajstić information content (AvgIpc) is 3.07. The maximum Gasteiger partial charge on any atom is 0.317 e. The third kappa shape index (κ3) is 4.30. The van der Waals surface area contributed by atoms with Gasteiger partial charge in [0.2, 0.25) is 5.91 Å². The summed E-state index contributed by atoms with van der Waals surface area (Å²) in [7, 11) is 1.75. The minimum absolute atomic E-state index is 0.0800. The van der Waals surface area contributed by atoms with Crippen LogP contribution in [0.3, 0.4) is 0 Å². The number of hydrogen-bond acceptors (Lipinski definition) is 5. The zero-order valence-electron chi connectivity index (χ0n) is 16.4. The topological polar surface area (TPSA) is 88.9 Å². The molecule has 9 nitrogen and oxygen atoms in total. The lowest BCUT2D eigenvalue weighted by Gasteiger charge is -2.34. The van der Waals surface area contributed by atoms with Gasteiger partial charge in [-0.1, -0.05) is 6.42 Å². The minimum Gasteiger partial charge on any atom is -0.376 e. The molecule has 0 aromatic carbocycles. The van der Waals surface area contributed by atoms with Crippen molar-refractivity contribution in [3.8, 4) is 0 Å². The normalized spacial score (nSPS) is 22.3. The molecule has 4 rings (SSSR count). The summed E-state index contributed by atoms with van der Waals surface area (Å²) in [5.74, 6) is 0.506. The van der Waals surface area contributed by atoms with Crippen LogP contribution in [-0.4, -0.2) is 77.6 Å². The van der Waals surface area contributed by atoms with Crippen molar-refractivity contribution in [1.29, 1.82) is 0 Å². The van der Waals surface area contributed by atoms with Crippen LogP contribution in [0.15, 0.2) is 6.07 Å². The van der Waals surface area contributed by atoms with Crippen LogP contribution in [0.25, 0.3) is 0 Å². The van der Waals surface area contributed by atoms with Crippen LogP contribution in [0.1, 0.15) is 30.7 Å². The maximum atomic E-state index is 12.5. The van der Waals surface area contributed by atoms with Crippen molar-refractivity contribution in [3.63, 3.8) is 0 Å². The number of nitrogens with zero attached hydrogens (tertiary/aromatic N) is 4. The van der Waals surface area contributed by atoms with E-state index in [0.29, 0.717) is 52.5 Å². The number of carbonyl (C=O) groups excluding carboxylic acids is 2. The van der Waals surface area contributed by atoms with Crippen molar-refractivity contribution in [2.45, 2.75) is 45.0 Å². The molecule has 1 N–H and O–H groups in total. The number of fused-ring (bicyclic) bond motifs is 1.